The molecule has 0 radical (unpaired) electrons. The standard InChI is InChI=1S/C14H18N2/c15-14(11-3-1-2-4-11)12-6-5-10-7-8-16-13(10)9-12/h5-9,11,14,16H,1-4,15H2/t14-/m0/s1. The Kier molecular flexibility index (Phi) is 2.44. The van der Waals surface area contributed by atoms with Crippen molar-refractivity contribution in [3.63, 3.8) is 0 Å². The Morgan fingerprint density at radius 1 is 1.19 bits per heavy atom. The predicted octanol–water partition coefficient (Wildman–Crippen LogP) is 3.36. The van der Waals surface area contributed by atoms with E-state index in [0.717, 1.165) is 0 Å². The third-order valence-corrected chi connectivity index (χ3v) is 3.87. The number of benzene rings is 1. The summed E-state index contributed by atoms with van der Waals surface area (Å²) in [6, 6.07) is 8.86. The molecule has 16 heavy (non-hydrogen) atoms. The fraction of sp³-hybridized carbons (Fsp3) is 0.429. The van der Waals surface area contributed by atoms with Crippen LogP contribution in [0.15, 0.2) is 30.5 Å². The molecule has 3 N–H and O–H groups in total. The molecule has 0 amide bonds. The Morgan fingerprint density at radius 2 is 2.00 bits per heavy atom. The largest absolute Gasteiger partial charge is 0.361 e. The van der Waals surface area contributed by atoms with Crippen LogP contribution in [-0.2, 0) is 0 Å². The van der Waals surface area contributed by atoms with E-state index < -0.39 is 0 Å². The lowest BCUT2D eigenvalue weighted by molar-refractivity contribution is 0.445. The maximum atomic E-state index is 6.35. The molecule has 0 unspecified atom stereocenters. The predicted molar refractivity (Wildman–Crippen MR) is 67.2 cm³/mol. The van der Waals surface area contributed by atoms with Gasteiger partial charge in [-0.2, -0.15) is 0 Å². The minimum absolute atomic E-state index is 0.218. The summed E-state index contributed by atoms with van der Waals surface area (Å²) < 4.78 is 0. The van der Waals surface area contributed by atoms with Crippen LogP contribution in [0.25, 0.3) is 10.9 Å². The Balaban J connectivity index is 1.91. The maximum Gasteiger partial charge on any atom is 0.0457 e. The number of hydrogen-bond donors (Lipinski definition) is 2. The molecule has 1 atom stereocenters. The van der Waals surface area contributed by atoms with Crippen LogP contribution in [0.4, 0.5) is 0 Å². The maximum absolute atomic E-state index is 6.35. The van der Waals surface area contributed by atoms with Crippen LogP contribution in [0.3, 0.4) is 0 Å². The first kappa shape index (κ1) is 9.91. The van der Waals surface area contributed by atoms with Crippen molar-refractivity contribution >= 4 is 10.9 Å². The molecule has 3 rings (SSSR count). The van der Waals surface area contributed by atoms with Crippen molar-refractivity contribution < 1.29 is 0 Å². The highest BCUT2D eigenvalue weighted by atomic mass is 14.7. The summed E-state index contributed by atoms with van der Waals surface area (Å²) in [5.74, 6) is 0.687. The third-order valence-electron chi connectivity index (χ3n) is 3.87. The summed E-state index contributed by atoms with van der Waals surface area (Å²) in [5, 5.41) is 1.27. The van der Waals surface area contributed by atoms with Gasteiger partial charge in [0, 0.05) is 17.8 Å². The highest BCUT2D eigenvalue weighted by molar-refractivity contribution is 5.79. The van der Waals surface area contributed by atoms with Crippen LogP contribution in [0.2, 0.25) is 0 Å². The number of aromatic amines is 1. The molecular weight excluding hydrogens is 196 g/mol. The van der Waals surface area contributed by atoms with E-state index in [2.05, 4.69) is 29.2 Å². The quantitative estimate of drug-likeness (QED) is 0.790. The van der Waals surface area contributed by atoms with Gasteiger partial charge in [0.1, 0.15) is 0 Å². The number of rotatable bonds is 2. The first-order valence-corrected chi connectivity index (χ1v) is 6.17. The van der Waals surface area contributed by atoms with Crippen molar-refractivity contribution in [1.82, 2.24) is 4.98 Å². The zero-order valence-electron chi connectivity index (χ0n) is 9.45. The summed E-state index contributed by atoms with van der Waals surface area (Å²) in [6.07, 6.45) is 7.27. The average molecular weight is 214 g/mol. The van der Waals surface area contributed by atoms with E-state index in [-0.39, 0.29) is 6.04 Å². The van der Waals surface area contributed by atoms with Crippen LogP contribution >= 0.6 is 0 Å². The molecule has 0 bridgehead atoms. The van der Waals surface area contributed by atoms with Gasteiger partial charge in [-0.15, -0.1) is 0 Å². The van der Waals surface area contributed by atoms with E-state index in [1.165, 1.54) is 42.1 Å². The first-order chi connectivity index (χ1) is 7.84. The van der Waals surface area contributed by atoms with Crippen LogP contribution in [0.5, 0.6) is 0 Å². The van der Waals surface area contributed by atoms with Crippen molar-refractivity contribution in [3.05, 3.63) is 36.0 Å². The molecule has 0 spiro atoms. The SMILES string of the molecule is N[C@H](c1ccc2cc[nH]c2c1)C1CCCC1. The van der Waals surface area contributed by atoms with Gasteiger partial charge < -0.3 is 10.7 Å². The van der Waals surface area contributed by atoms with Gasteiger partial charge in [0.05, 0.1) is 0 Å². The number of aromatic nitrogens is 1. The van der Waals surface area contributed by atoms with Crippen LogP contribution < -0.4 is 5.73 Å². The van der Waals surface area contributed by atoms with Gasteiger partial charge in [0.15, 0.2) is 0 Å². The molecule has 1 aromatic heterocycles. The fourth-order valence-electron chi connectivity index (χ4n) is 2.86. The number of fused-ring (bicyclic) bond motifs is 1. The van der Waals surface area contributed by atoms with Crippen molar-refractivity contribution in [2.75, 3.05) is 0 Å². The van der Waals surface area contributed by atoms with E-state index >= 15 is 0 Å². The summed E-state index contributed by atoms with van der Waals surface area (Å²) in [7, 11) is 0. The molecule has 1 aliphatic rings. The zero-order chi connectivity index (χ0) is 11.0. The lowest BCUT2D eigenvalue weighted by atomic mass is 9.92. The molecule has 0 aliphatic heterocycles. The van der Waals surface area contributed by atoms with E-state index in [4.69, 9.17) is 5.73 Å². The molecule has 1 fully saturated rings. The van der Waals surface area contributed by atoms with Gasteiger partial charge in [-0.05, 0) is 41.8 Å². The second kappa shape index (κ2) is 3.95. The van der Waals surface area contributed by atoms with Crippen molar-refractivity contribution in [2.24, 2.45) is 11.7 Å². The molecule has 1 saturated carbocycles. The van der Waals surface area contributed by atoms with Crippen molar-refractivity contribution in [1.29, 1.82) is 0 Å². The van der Waals surface area contributed by atoms with E-state index in [0.29, 0.717) is 5.92 Å². The third kappa shape index (κ3) is 1.63. The van der Waals surface area contributed by atoms with E-state index in [1.54, 1.807) is 0 Å². The summed E-state index contributed by atoms with van der Waals surface area (Å²) >= 11 is 0. The smallest absolute Gasteiger partial charge is 0.0457 e. The van der Waals surface area contributed by atoms with Gasteiger partial charge in [-0.3, -0.25) is 0 Å². The van der Waals surface area contributed by atoms with Crippen LogP contribution in [0.1, 0.15) is 37.3 Å². The van der Waals surface area contributed by atoms with Crippen LogP contribution in [0, 0.1) is 5.92 Å². The molecule has 84 valence electrons. The second-order valence-electron chi connectivity index (χ2n) is 4.89. The summed E-state index contributed by atoms with van der Waals surface area (Å²) in [6.45, 7) is 0. The van der Waals surface area contributed by atoms with Gasteiger partial charge in [0.25, 0.3) is 0 Å². The number of H-pyrrole nitrogens is 1. The van der Waals surface area contributed by atoms with Gasteiger partial charge in [-0.1, -0.05) is 25.0 Å². The number of nitrogens with one attached hydrogen (secondary N) is 1. The van der Waals surface area contributed by atoms with Gasteiger partial charge in [-0.25, -0.2) is 0 Å². The highest BCUT2D eigenvalue weighted by Crippen LogP contribution is 2.34. The lowest BCUT2D eigenvalue weighted by Crippen LogP contribution is -2.18. The molecule has 2 aromatic rings. The Labute approximate surface area is 95.8 Å². The molecular formula is C14H18N2. The Hall–Kier alpha value is -1.28. The minimum Gasteiger partial charge on any atom is -0.361 e. The second-order valence-corrected chi connectivity index (χ2v) is 4.89. The molecule has 1 aliphatic carbocycles. The molecule has 1 aromatic carbocycles. The molecule has 2 heteroatoms. The normalized spacial score (nSPS) is 19.3. The summed E-state index contributed by atoms with van der Waals surface area (Å²) in [4.78, 5) is 3.25. The molecule has 0 saturated heterocycles. The number of nitrogens with two attached hydrogens (primary N) is 1. The Bertz CT molecular complexity index is 480. The first-order valence-electron chi connectivity index (χ1n) is 6.17. The van der Waals surface area contributed by atoms with Gasteiger partial charge >= 0.3 is 0 Å². The number of hydrogen-bond acceptors (Lipinski definition) is 1. The van der Waals surface area contributed by atoms with Crippen LogP contribution in [-0.4, -0.2) is 4.98 Å². The van der Waals surface area contributed by atoms with E-state index in [1.807, 2.05) is 6.20 Å². The van der Waals surface area contributed by atoms with E-state index in [9.17, 15) is 0 Å². The molecule has 2 nitrogen and oxygen atoms in total. The fourth-order valence-corrected chi connectivity index (χ4v) is 2.86. The van der Waals surface area contributed by atoms with Crippen molar-refractivity contribution in [2.45, 2.75) is 31.7 Å². The Morgan fingerprint density at radius 3 is 2.81 bits per heavy atom. The highest BCUT2D eigenvalue weighted by Gasteiger charge is 2.23. The monoisotopic (exact) mass is 214 g/mol. The topological polar surface area (TPSA) is 41.8 Å². The lowest BCUT2D eigenvalue weighted by Gasteiger charge is -2.19. The summed E-state index contributed by atoms with van der Waals surface area (Å²) in [5.41, 5.74) is 8.83. The zero-order valence-corrected chi connectivity index (χ0v) is 9.45. The average Bonchev–Trinajstić information content (AvgIpc) is 2.98. The molecule has 1 heterocycles. The van der Waals surface area contributed by atoms with Gasteiger partial charge in [0.2, 0.25) is 0 Å². The minimum atomic E-state index is 0.218. The van der Waals surface area contributed by atoms with Crippen molar-refractivity contribution in [3.8, 4) is 0 Å².